The van der Waals surface area contributed by atoms with Gasteiger partial charge in [-0.05, 0) is 18.6 Å². The molecule has 2 aromatic heterocycles. The molecule has 0 spiro atoms. The summed E-state index contributed by atoms with van der Waals surface area (Å²) < 4.78 is 1.46. The SMILES string of the molecule is CCCC(NC(=O)c1ccc(-n2cncn2)nc1)C(=O)O. The van der Waals surface area contributed by atoms with Crippen LogP contribution in [-0.4, -0.2) is 42.8 Å². The van der Waals surface area contributed by atoms with E-state index in [1.165, 1.54) is 23.5 Å². The zero-order valence-electron chi connectivity index (χ0n) is 11.4. The molecule has 0 radical (unpaired) electrons. The van der Waals surface area contributed by atoms with Crippen molar-refractivity contribution in [3.05, 3.63) is 36.5 Å². The lowest BCUT2D eigenvalue weighted by Gasteiger charge is -2.13. The van der Waals surface area contributed by atoms with Crippen molar-refractivity contribution in [1.82, 2.24) is 25.1 Å². The van der Waals surface area contributed by atoms with E-state index in [0.29, 0.717) is 24.2 Å². The van der Waals surface area contributed by atoms with Gasteiger partial charge in [-0.25, -0.2) is 19.4 Å². The first kappa shape index (κ1) is 14.6. The Labute approximate surface area is 120 Å². The normalized spacial score (nSPS) is 11.9. The summed E-state index contributed by atoms with van der Waals surface area (Å²) in [7, 11) is 0. The molecule has 0 saturated carbocycles. The van der Waals surface area contributed by atoms with Crippen LogP contribution in [0.4, 0.5) is 0 Å². The molecule has 2 N–H and O–H groups in total. The van der Waals surface area contributed by atoms with Crippen LogP contribution in [0, 0.1) is 0 Å². The van der Waals surface area contributed by atoms with Gasteiger partial charge in [0.15, 0.2) is 5.82 Å². The van der Waals surface area contributed by atoms with Gasteiger partial charge in [-0.2, -0.15) is 5.10 Å². The number of nitrogens with one attached hydrogen (secondary N) is 1. The van der Waals surface area contributed by atoms with Gasteiger partial charge >= 0.3 is 5.97 Å². The number of carboxylic acid groups (broad SMARTS) is 1. The van der Waals surface area contributed by atoms with Gasteiger partial charge in [0.25, 0.3) is 5.91 Å². The second kappa shape index (κ2) is 6.60. The Kier molecular flexibility index (Phi) is 4.60. The standard InChI is InChI=1S/C13H15N5O3/c1-2-3-10(13(20)21)17-12(19)9-4-5-11(15-6-9)18-8-14-7-16-18/h4-8,10H,2-3H2,1H3,(H,17,19)(H,20,21). The largest absolute Gasteiger partial charge is 0.480 e. The summed E-state index contributed by atoms with van der Waals surface area (Å²) >= 11 is 0. The van der Waals surface area contributed by atoms with E-state index in [9.17, 15) is 9.59 Å². The molecule has 2 rings (SSSR count). The van der Waals surface area contributed by atoms with Gasteiger partial charge in [0.1, 0.15) is 18.7 Å². The predicted molar refractivity (Wildman–Crippen MR) is 73.0 cm³/mol. The molecule has 1 atom stereocenters. The maximum atomic E-state index is 12.0. The summed E-state index contributed by atoms with van der Waals surface area (Å²) in [5.74, 6) is -0.988. The molecule has 0 aliphatic carbocycles. The van der Waals surface area contributed by atoms with Gasteiger partial charge in [-0.3, -0.25) is 4.79 Å². The summed E-state index contributed by atoms with van der Waals surface area (Å²) in [6.07, 6.45) is 5.29. The molecule has 0 saturated heterocycles. The fraction of sp³-hybridized carbons (Fsp3) is 0.308. The highest BCUT2D eigenvalue weighted by molar-refractivity contribution is 5.96. The van der Waals surface area contributed by atoms with Crippen molar-refractivity contribution in [2.75, 3.05) is 0 Å². The van der Waals surface area contributed by atoms with E-state index >= 15 is 0 Å². The molecule has 0 bridgehead atoms. The van der Waals surface area contributed by atoms with Crippen molar-refractivity contribution in [3.8, 4) is 5.82 Å². The first-order chi connectivity index (χ1) is 10.1. The van der Waals surface area contributed by atoms with Crippen molar-refractivity contribution >= 4 is 11.9 Å². The van der Waals surface area contributed by atoms with E-state index in [-0.39, 0.29) is 0 Å². The summed E-state index contributed by atoms with van der Waals surface area (Å²) in [5.41, 5.74) is 0.293. The van der Waals surface area contributed by atoms with Crippen molar-refractivity contribution in [3.63, 3.8) is 0 Å². The Balaban J connectivity index is 2.07. The molecular weight excluding hydrogens is 274 g/mol. The highest BCUT2D eigenvalue weighted by atomic mass is 16.4. The average molecular weight is 289 g/mol. The Morgan fingerprint density at radius 3 is 2.76 bits per heavy atom. The minimum atomic E-state index is -1.04. The molecule has 2 heterocycles. The Morgan fingerprint density at radius 2 is 2.24 bits per heavy atom. The summed E-state index contributed by atoms with van der Waals surface area (Å²) in [6, 6.07) is 2.28. The number of carbonyl (C=O) groups excluding carboxylic acids is 1. The fourth-order valence-electron chi connectivity index (χ4n) is 1.77. The third-order valence-electron chi connectivity index (χ3n) is 2.84. The van der Waals surface area contributed by atoms with Crippen molar-refractivity contribution in [1.29, 1.82) is 0 Å². The maximum absolute atomic E-state index is 12.0. The van der Waals surface area contributed by atoms with Gasteiger partial charge < -0.3 is 10.4 Å². The highest BCUT2D eigenvalue weighted by Crippen LogP contribution is 2.05. The Hall–Kier alpha value is -2.77. The third-order valence-corrected chi connectivity index (χ3v) is 2.84. The molecule has 21 heavy (non-hydrogen) atoms. The number of aliphatic carboxylic acids is 1. The average Bonchev–Trinajstić information content (AvgIpc) is 3.01. The number of carboxylic acids is 1. The van der Waals surface area contributed by atoms with Crippen molar-refractivity contribution in [2.24, 2.45) is 0 Å². The van der Waals surface area contributed by atoms with Gasteiger partial charge in [0, 0.05) is 6.20 Å². The van der Waals surface area contributed by atoms with E-state index in [2.05, 4.69) is 20.4 Å². The lowest BCUT2D eigenvalue weighted by atomic mass is 10.1. The zero-order valence-corrected chi connectivity index (χ0v) is 11.4. The molecule has 110 valence electrons. The zero-order chi connectivity index (χ0) is 15.2. The minimum absolute atomic E-state index is 0.293. The second-order valence-corrected chi connectivity index (χ2v) is 4.40. The third kappa shape index (κ3) is 3.62. The summed E-state index contributed by atoms with van der Waals surface area (Å²) in [5, 5.41) is 15.4. The predicted octanol–water partition coefficient (Wildman–Crippen LogP) is 0.645. The van der Waals surface area contributed by atoms with Gasteiger partial charge in [0.2, 0.25) is 0 Å². The van der Waals surface area contributed by atoms with Crippen molar-refractivity contribution < 1.29 is 14.7 Å². The minimum Gasteiger partial charge on any atom is -0.480 e. The van der Waals surface area contributed by atoms with Crippen LogP contribution in [0.1, 0.15) is 30.1 Å². The summed E-state index contributed by atoms with van der Waals surface area (Å²) in [6.45, 7) is 1.86. The number of hydrogen-bond acceptors (Lipinski definition) is 5. The first-order valence-electron chi connectivity index (χ1n) is 6.46. The number of nitrogens with zero attached hydrogens (tertiary/aromatic N) is 4. The molecule has 0 aliphatic rings. The second-order valence-electron chi connectivity index (χ2n) is 4.40. The molecule has 1 unspecified atom stereocenters. The van der Waals surface area contributed by atoms with Gasteiger partial charge in [-0.1, -0.05) is 13.3 Å². The van der Waals surface area contributed by atoms with Gasteiger partial charge in [0.05, 0.1) is 5.56 Å². The van der Waals surface area contributed by atoms with E-state index in [1.54, 1.807) is 12.1 Å². The molecule has 0 fully saturated rings. The fourth-order valence-corrected chi connectivity index (χ4v) is 1.77. The van der Waals surface area contributed by atoms with Crippen LogP contribution in [0.15, 0.2) is 31.0 Å². The molecule has 0 aromatic carbocycles. The first-order valence-corrected chi connectivity index (χ1v) is 6.46. The number of hydrogen-bond donors (Lipinski definition) is 2. The number of pyridine rings is 1. The van der Waals surface area contributed by atoms with E-state index in [0.717, 1.165) is 0 Å². The smallest absolute Gasteiger partial charge is 0.326 e. The molecular formula is C13H15N5O3. The van der Waals surface area contributed by atoms with Crippen LogP contribution in [-0.2, 0) is 4.79 Å². The van der Waals surface area contributed by atoms with E-state index < -0.39 is 17.9 Å². The molecule has 8 heteroatoms. The Morgan fingerprint density at radius 1 is 1.43 bits per heavy atom. The molecule has 1 amide bonds. The van der Waals surface area contributed by atoms with Crippen LogP contribution >= 0.6 is 0 Å². The lowest BCUT2D eigenvalue weighted by Crippen LogP contribution is -2.40. The van der Waals surface area contributed by atoms with Crippen LogP contribution in [0.2, 0.25) is 0 Å². The monoisotopic (exact) mass is 289 g/mol. The van der Waals surface area contributed by atoms with Crippen LogP contribution in [0.25, 0.3) is 5.82 Å². The number of aromatic nitrogens is 4. The Bertz CT molecular complexity index is 609. The quantitative estimate of drug-likeness (QED) is 0.807. The maximum Gasteiger partial charge on any atom is 0.326 e. The van der Waals surface area contributed by atoms with Gasteiger partial charge in [-0.15, -0.1) is 0 Å². The number of rotatable bonds is 6. The molecule has 0 aliphatic heterocycles. The number of amides is 1. The topological polar surface area (TPSA) is 110 Å². The molecule has 8 nitrogen and oxygen atoms in total. The molecule has 2 aromatic rings. The highest BCUT2D eigenvalue weighted by Gasteiger charge is 2.19. The summed E-state index contributed by atoms with van der Waals surface area (Å²) in [4.78, 5) is 30.9. The number of carbonyl (C=O) groups is 2. The van der Waals surface area contributed by atoms with Crippen LogP contribution < -0.4 is 5.32 Å². The van der Waals surface area contributed by atoms with Crippen LogP contribution in [0.3, 0.4) is 0 Å². The van der Waals surface area contributed by atoms with E-state index in [4.69, 9.17) is 5.11 Å². The lowest BCUT2D eigenvalue weighted by molar-refractivity contribution is -0.139. The van der Waals surface area contributed by atoms with E-state index in [1.807, 2.05) is 6.92 Å². The van der Waals surface area contributed by atoms with Crippen LogP contribution in [0.5, 0.6) is 0 Å². The van der Waals surface area contributed by atoms with Crippen molar-refractivity contribution in [2.45, 2.75) is 25.8 Å².